The summed E-state index contributed by atoms with van der Waals surface area (Å²) in [7, 11) is 0. The molecule has 0 saturated heterocycles. The van der Waals surface area contributed by atoms with Crippen LogP contribution in [-0.2, 0) is 16.0 Å². The van der Waals surface area contributed by atoms with Gasteiger partial charge in [0, 0.05) is 21.9 Å². The van der Waals surface area contributed by atoms with Crippen molar-refractivity contribution < 1.29 is 14.0 Å². The number of aromatic nitrogens is 1. The average Bonchev–Trinajstić information content (AvgIpc) is 3.16. The number of carbonyl (C=O) groups is 2. The molecule has 5 nitrogen and oxygen atoms in total. The molecule has 0 spiro atoms. The minimum absolute atomic E-state index is 0.0282. The number of hydrazine groups is 1. The number of nitrogens with zero attached hydrogens (tertiary/aromatic N) is 1. The molecule has 0 radical (unpaired) electrons. The summed E-state index contributed by atoms with van der Waals surface area (Å²) in [6.07, 6.45) is 1.37. The number of halogens is 1. The fourth-order valence-electron chi connectivity index (χ4n) is 2.17. The Morgan fingerprint density at radius 2 is 1.82 bits per heavy atom. The molecule has 8 heteroatoms. The monoisotopic (exact) mass is 413 g/mol. The summed E-state index contributed by atoms with van der Waals surface area (Å²) >= 11 is 2.77. The predicted octanol–water partition coefficient (Wildman–Crippen LogP) is 3.95. The molecule has 1 heterocycles. The molecule has 3 aromatic rings. The molecule has 142 valence electrons. The summed E-state index contributed by atoms with van der Waals surface area (Å²) in [6.45, 7) is 0. The highest BCUT2D eigenvalue weighted by atomic mass is 32.2. The van der Waals surface area contributed by atoms with Crippen molar-refractivity contribution in [2.75, 3.05) is 0 Å². The SMILES string of the molecule is O=C(/C=C/Sc1ccccc1)NNC(=O)Cc1csc(-c2ccc(F)cc2)n1. The van der Waals surface area contributed by atoms with Crippen molar-refractivity contribution in [2.24, 2.45) is 0 Å². The first kappa shape index (κ1) is 19.8. The number of benzene rings is 2. The van der Waals surface area contributed by atoms with Gasteiger partial charge in [-0.05, 0) is 41.8 Å². The quantitative estimate of drug-likeness (QED) is 0.365. The molecule has 0 saturated carbocycles. The van der Waals surface area contributed by atoms with Gasteiger partial charge in [-0.3, -0.25) is 20.4 Å². The molecule has 2 aromatic carbocycles. The maximum absolute atomic E-state index is 13.0. The van der Waals surface area contributed by atoms with E-state index in [0.717, 1.165) is 10.5 Å². The molecule has 0 fully saturated rings. The normalized spacial score (nSPS) is 10.8. The Bertz CT molecular complexity index is 973. The second-order valence-corrected chi connectivity index (χ2v) is 7.44. The van der Waals surface area contributed by atoms with Crippen LogP contribution in [0.3, 0.4) is 0 Å². The summed E-state index contributed by atoms with van der Waals surface area (Å²) in [6, 6.07) is 15.6. The number of thiazole rings is 1. The van der Waals surface area contributed by atoms with Crippen molar-refractivity contribution in [2.45, 2.75) is 11.3 Å². The van der Waals surface area contributed by atoms with E-state index in [1.165, 1.54) is 41.3 Å². The number of rotatable bonds is 6. The van der Waals surface area contributed by atoms with Crippen LogP contribution in [-0.4, -0.2) is 16.8 Å². The molecule has 2 N–H and O–H groups in total. The van der Waals surface area contributed by atoms with Gasteiger partial charge in [0.2, 0.25) is 5.91 Å². The Hall–Kier alpha value is -2.97. The molecule has 2 amide bonds. The number of carbonyl (C=O) groups excluding carboxylic acids is 2. The van der Waals surface area contributed by atoms with Gasteiger partial charge in [0.05, 0.1) is 12.1 Å². The van der Waals surface area contributed by atoms with Gasteiger partial charge in [-0.15, -0.1) is 11.3 Å². The van der Waals surface area contributed by atoms with Gasteiger partial charge in [0.1, 0.15) is 10.8 Å². The van der Waals surface area contributed by atoms with Crippen LogP contribution in [0.25, 0.3) is 10.6 Å². The van der Waals surface area contributed by atoms with Crippen molar-refractivity contribution in [1.82, 2.24) is 15.8 Å². The van der Waals surface area contributed by atoms with Crippen LogP contribution in [0.4, 0.5) is 4.39 Å². The van der Waals surface area contributed by atoms with Crippen LogP contribution >= 0.6 is 23.1 Å². The first-order chi connectivity index (χ1) is 13.6. The zero-order valence-corrected chi connectivity index (χ0v) is 16.2. The number of hydrogen-bond acceptors (Lipinski definition) is 5. The average molecular weight is 413 g/mol. The first-order valence-corrected chi connectivity index (χ1v) is 10.0. The van der Waals surface area contributed by atoms with Crippen molar-refractivity contribution in [1.29, 1.82) is 0 Å². The lowest BCUT2D eigenvalue weighted by Crippen LogP contribution is -2.41. The zero-order chi connectivity index (χ0) is 19.8. The fraction of sp³-hybridized carbons (Fsp3) is 0.0500. The summed E-state index contributed by atoms with van der Waals surface area (Å²) in [5, 5.41) is 4.11. The van der Waals surface area contributed by atoms with E-state index in [0.29, 0.717) is 10.7 Å². The van der Waals surface area contributed by atoms with E-state index in [4.69, 9.17) is 0 Å². The Kier molecular flexibility index (Phi) is 6.94. The topological polar surface area (TPSA) is 71.1 Å². The van der Waals surface area contributed by atoms with E-state index < -0.39 is 5.91 Å². The van der Waals surface area contributed by atoms with Gasteiger partial charge < -0.3 is 0 Å². The molecule has 0 aliphatic rings. The molecule has 0 aliphatic carbocycles. The van der Waals surface area contributed by atoms with Crippen LogP contribution in [0.15, 0.2) is 76.4 Å². The number of hydrogen-bond donors (Lipinski definition) is 2. The fourth-order valence-corrected chi connectivity index (χ4v) is 3.66. The predicted molar refractivity (Wildman–Crippen MR) is 109 cm³/mol. The largest absolute Gasteiger partial charge is 0.273 e. The van der Waals surface area contributed by atoms with Crippen LogP contribution in [0.5, 0.6) is 0 Å². The minimum Gasteiger partial charge on any atom is -0.273 e. The smallest absolute Gasteiger partial charge is 0.262 e. The van der Waals surface area contributed by atoms with Crippen LogP contribution in [0.1, 0.15) is 5.69 Å². The lowest BCUT2D eigenvalue weighted by atomic mass is 10.2. The van der Waals surface area contributed by atoms with Crippen molar-refractivity contribution in [3.63, 3.8) is 0 Å². The van der Waals surface area contributed by atoms with Crippen LogP contribution in [0, 0.1) is 5.82 Å². The molecule has 0 atom stereocenters. The lowest BCUT2D eigenvalue weighted by molar-refractivity contribution is -0.126. The first-order valence-electron chi connectivity index (χ1n) is 8.27. The lowest BCUT2D eigenvalue weighted by Gasteiger charge is -2.03. The van der Waals surface area contributed by atoms with Crippen LogP contribution < -0.4 is 10.9 Å². The standard InChI is InChI=1S/C20H16FN3O2S2/c21-15-8-6-14(7-9-15)20-22-16(13-28-20)12-19(26)24-23-18(25)10-11-27-17-4-2-1-3-5-17/h1-11,13H,12H2,(H,23,25)(H,24,26)/b11-10+. The Morgan fingerprint density at radius 3 is 2.57 bits per heavy atom. The molecule has 28 heavy (non-hydrogen) atoms. The molecule has 1 aromatic heterocycles. The molecule has 0 unspecified atom stereocenters. The summed E-state index contributed by atoms with van der Waals surface area (Å²) in [4.78, 5) is 29.1. The van der Waals surface area contributed by atoms with Crippen LogP contribution in [0.2, 0.25) is 0 Å². The van der Waals surface area contributed by atoms with Crippen molar-refractivity contribution in [3.05, 3.63) is 83.0 Å². The van der Waals surface area contributed by atoms with Crippen molar-refractivity contribution >= 4 is 34.9 Å². The number of nitrogens with one attached hydrogen (secondary N) is 2. The second-order valence-electron chi connectivity index (χ2n) is 5.60. The maximum atomic E-state index is 13.0. The molecule has 0 aliphatic heterocycles. The van der Waals surface area contributed by atoms with Gasteiger partial charge in [-0.2, -0.15) is 0 Å². The maximum Gasteiger partial charge on any atom is 0.262 e. The van der Waals surface area contributed by atoms with E-state index in [1.54, 1.807) is 22.9 Å². The number of thioether (sulfide) groups is 1. The second kappa shape index (κ2) is 9.82. The highest BCUT2D eigenvalue weighted by molar-refractivity contribution is 8.02. The van der Waals surface area contributed by atoms with Gasteiger partial charge in [-0.1, -0.05) is 30.0 Å². The molecule has 0 bridgehead atoms. The third kappa shape index (κ3) is 6.04. The van der Waals surface area contributed by atoms with E-state index >= 15 is 0 Å². The summed E-state index contributed by atoms with van der Waals surface area (Å²) in [5.41, 5.74) is 6.04. The molecule has 3 rings (SSSR count). The third-order valence-electron chi connectivity index (χ3n) is 3.48. The van der Waals surface area contributed by atoms with E-state index in [2.05, 4.69) is 15.8 Å². The third-order valence-corrected chi connectivity index (χ3v) is 5.23. The Balaban J connectivity index is 1.44. The Labute approximate surface area is 169 Å². The van der Waals surface area contributed by atoms with Gasteiger partial charge >= 0.3 is 0 Å². The van der Waals surface area contributed by atoms with E-state index in [1.807, 2.05) is 30.3 Å². The Morgan fingerprint density at radius 1 is 1.07 bits per heavy atom. The number of amides is 2. The van der Waals surface area contributed by atoms with Gasteiger partial charge in [0.15, 0.2) is 0 Å². The van der Waals surface area contributed by atoms with E-state index in [-0.39, 0.29) is 18.1 Å². The highest BCUT2D eigenvalue weighted by Crippen LogP contribution is 2.24. The molecular weight excluding hydrogens is 397 g/mol. The minimum atomic E-state index is -0.429. The summed E-state index contributed by atoms with van der Waals surface area (Å²) < 4.78 is 13.0. The molecular formula is C20H16FN3O2S2. The summed E-state index contributed by atoms with van der Waals surface area (Å²) in [5.74, 6) is -1.12. The van der Waals surface area contributed by atoms with Gasteiger partial charge in [0.25, 0.3) is 5.91 Å². The van der Waals surface area contributed by atoms with Gasteiger partial charge in [-0.25, -0.2) is 9.37 Å². The van der Waals surface area contributed by atoms with Crippen molar-refractivity contribution in [3.8, 4) is 10.6 Å². The highest BCUT2D eigenvalue weighted by Gasteiger charge is 2.09. The van der Waals surface area contributed by atoms with E-state index in [9.17, 15) is 14.0 Å². The zero-order valence-electron chi connectivity index (χ0n) is 14.6.